The number of hydrogen-bond donors (Lipinski definition) is 0. The van der Waals surface area contributed by atoms with Crippen molar-refractivity contribution in [2.75, 3.05) is 44.6 Å². The number of piperazine rings is 1. The summed E-state index contributed by atoms with van der Waals surface area (Å²) in [5.74, 6) is 0. The van der Waals surface area contributed by atoms with Gasteiger partial charge < -0.3 is 4.90 Å². The third-order valence-electron chi connectivity index (χ3n) is 3.43. The minimum Gasteiger partial charge on any atom is -0.300 e. The van der Waals surface area contributed by atoms with Crippen LogP contribution in [-0.2, 0) is 6.42 Å². The minimum atomic E-state index is 1.09. The fourth-order valence-corrected chi connectivity index (χ4v) is 2.79. The van der Waals surface area contributed by atoms with Gasteiger partial charge in [0.2, 0.25) is 0 Å². The van der Waals surface area contributed by atoms with Gasteiger partial charge in [-0.3, -0.25) is 4.90 Å². The first-order valence-electron chi connectivity index (χ1n) is 6.43. The predicted octanol–water partition coefficient (Wildman–Crippen LogP) is 2.24. The van der Waals surface area contributed by atoms with E-state index >= 15 is 0 Å². The topological polar surface area (TPSA) is 6.48 Å². The SMILES string of the molecule is BrCCN1CCN(CCc2ccccc2)CC1. The molecule has 3 heteroatoms. The van der Waals surface area contributed by atoms with Gasteiger partial charge in [-0.05, 0) is 12.0 Å². The molecule has 0 aliphatic carbocycles. The van der Waals surface area contributed by atoms with Crippen LogP contribution in [0.2, 0.25) is 0 Å². The van der Waals surface area contributed by atoms with Crippen LogP contribution in [0.5, 0.6) is 0 Å². The van der Waals surface area contributed by atoms with Crippen molar-refractivity contribution in [3.63, 3.8) is 0 Å². The maximum Gasteiger partial charge on any atom is 0.0159 e. The first kappa shape index (κ1) is 13.1. The Morgan fingerprint density at radius 3 is 2.06 bits per heavy atom. The van der Waals surface area contributed by atoms with E-state index < -0.39 is 0 Å². The van der Waals surface area contributed by atoms with Gasteiger partial charge in [-0.1, -0.05) is 46.3 Å². The van der Waals surface area contributed by atoms with E-state index in [2.05, 4.69) is 56.1 Å². The van der Waals surface area contributed by atoms with E-state index in [-0.39, 0.29) is 0 Å². The summed E-state index contributed by atoms with van der Waals surface area (Å²) in [5, 5.41) is 1.09. The highest BCUT2D eigenvalue weighted by molar-refractivity contribution is 9.09. The number of halogens is 1. The molecule has 0 amide bonds. The zero-order valence-electron chi connectivity index (χ0n) is 10.3. The van der Waals surface area contributed by atoms with Crippen molar-refractivity contribution < 1.29 is 0 Å². The molecule has 2 rings (SSSR count). The lowest BCUT2D eigenvalue weighted by molar-refractivity contribution is 0.139. The average Bonchev–Trinajstić information content (AvgIpc) is 2.40. The molecule has 1 aromatic carbocycles. The first-order valence-corrected chi connectivity index (χ1v) is 7.55. The van der Waals surface area contributed by atoms with E-state index in [1.54, 1.807) is 0 Å². The fraction of sp³-hybridized carbons (Fsp3) is 0.571. The summed E-state index contributed by atoms with van der Waals surface area (Å²) in [4.78, 5) is 5.12. The molecule has 1 heterocycles. The summed E-state index contributed by atoms with van der Waals surface area (Å²) in [6.07, 6.45) is 1.18. The highest BCUT2D eigenvalue weighted by atomic mass is 79.9. The Morgan fingerprint density at radius 1 is 0.882 bits per heavy atom. The van der Waals surface area contributed by atoms with Crippen LogP contribution in [0, 0.1) is 0 Å². The fourth-order valence-electron chi connectivity index (χ4n) is 2.29. The molecule has 17 heavy (non-hydrogen) atoms. The van der Waals surface area contributed by atoms with Crippen molar-refractivity contribution in [3.05, 3.63) is 35.9 Å². The molecule has 94 valence electrons. The van der Waals surface area contributed by atoms with Gasteiger partial charge in [0.1, 0.15) is 0 Å². The molecule has 0 unspecified atom stereocenters. The monoisotopic (exact) mass is 296 g/mol. The highest BCUT2D eigenvalue weighted by Crippen LogP contribution is 2.05. The Balaban J connectivity index is 1.68. The van der Waals surface area contributed by atoms with E-state index in [1.807, 2.05) is 0 Å². The Hall–Kier alpha value is -0.380. The number of rotatable bonds is 5. The second kappa shape index (κ2) is 7.14. The Bertz CT molecular complexity index is 307. The first-order chi connectivity index (χ1) is 8.38. The molecule has 1 aliphatic rings. The van der Waals surface area contributed by atoms with Crippen LogP contribution in [-0.4, -0.2) is 54.4 Å². The van der Waals surface area contributed by atoms with Gasteiger partial charge >= 0.3 is 0 Å². The Kier molecular flexibility index (Phi) is 5.49. The zero-order chi connectivity index (χ0) is 11.9. The van der Waals surface area contributed by atoms with Gasteiger partial charge in [0, 0.05) is 44.6 Å². The van der Waals surface area contributed by atoms with E-state index in [0.29, 0.717) is 0 Å². The lowest BCUT2D eigenvalue weighted by Gasteiger charge is -2.34. The number of hydrogen-bond acceptors (Lipinski definition) is 2. The van der Waals surface area contributed by atoms with Crippen LogP contribution in [0.1, 0.15) is 5.56 Å². The van der Waals surface area contributed by atoms with E-state index in [0.717, 1.165) is 5.33 Å². The largest absolute Gasteiger partial charge is 0.300 e. The van der Waals surface area contributed by atoms with Crippen molar-refractivity contribution >= 4 is 15.9 Å². The molecule has 0 radical (unpaired) electrons. The second-order valence-corrected chi connectivity index (χ2v) is 5.40. The van der Waals surface area contributed by atoms with Crippen molar-refractivity contribution in [3.8, 4) is 0 Å². The molecule has 0 atom stereocenters. The second-order valence-electron chi connectivity index (χ2n) is 4.61. The van der Waals surface area contributed by atoms with Crippen LogP contribution < -0.4 is 0 Å². The van der Waals surface area contributed by atoms with E-state index in [1.165, 1.54) is 51.3 Å². The van der Waals surface area contributed by atoms with Crippen LogP contribution in [0.3, 0.4) is 0 Å². The molecule has 1 saturated heterocycles. The van der Waals surface area contributed by atoms with Gasteiger partial charge in [0.25, 0.3) is 0 Å². The van der Waals surface area contributed by atoms with Crippen LogP contribution in [0.25, 0.3) is 0 Å². The summed E-state index contributed by atoms with van der Waals surface area (Å²) >= 11 is 3.51. The van der Waals surface area contributed by atoms with E-state index in [9.17, 15) is 0 Å². The van der Waals surface area contributed by atoms with Gasteiger partial charge in [-0.15, -0.1) is 0 Å². The summed E-state index contributed by atoms with van der Waals surface area (Å²) in [6, 6.07) is 10.8. The lowest BCUT2D eigenvalue weighted by Crippen LogP contribution is -2.47. The normalized spacial score (nSPS) is 18.4. The quantitative estimate of drug-likeness (QED) is 0.769. The maximum atomic E-state index is 3.51. The molecule has 1 fully saturated rings. The van der Waals surface area contributed by atoms with Crippen LogP contribution in [0.15, 0.2) is 30.3 Å². The Morgan fingerprint density at radius 2 is 1.47 bits per heavy atom. The third-order valence-corrected chi connectivity index (χ3v) is 3.78. The summed E-state index contributed by atoms with van der Waals surface area (Å²) in [7, 11) is 0. The molecule has 0 spiro atoms. The number of benzene rings is 1. The van der Waals surface area contributed by atoms with Crippen molar-refractivity contribution in [2.45, 2.75) is 6.42 Å². The molecule has 0 N–H and O–H groups in total. The smallest absolute Gasteiger partial charge is 0.0159 e. The number of alkyl halides is 1. The summed E-state index contributed by atoms with van der Waals surface area (Å²) in [6.45, 7) is 7.28. The zero-order valence-corrected chi connectivity index (χ0v) is 11.9. The molecule has 0 bridgehead atoms. The lowest BCUT2D eigenvalue weighted by atomic mass is 10.1. The van der Waals surface area contributed by atoms with Gasteiger partial charge in [0.15, 0.2) is 0 Å². The molecular formula is C14H21BrN2. The van der Waals surface area contributed by atoms with Gasteiger partial charge in [-0.2, -0.15) is 0 Å². The maximum absolute atomic E-state index is 3.51. The molecule has 0 aromatic heterocycles. The molecule has 2 nitrogen and oxygen atoms in total. The van der Waals surface area contributed by atoms with Crippen molar-refractivity contribution in [1.29, 1.82) is 0 Å². The summed E-state index contributed by atoms with van der Waals surface area (Å²) < 4.78 is 0. The van der Waals surface area contributed by atoms with Crippen molar-refractivity contribution in [1.82, 2.24) is 9.80 Å². The number of nitrogens with zero attached hydrogens (tertiary/aromatic N) is 2. The van der Waals surface area contributed by atoms with E-state index in [4.69, 9.17) is 0 Å². The molecule has 0 saturated carbocycles. The molecular weight excluding hydrogens is 276 g/mol. The standard InChI is InChI=1S/C14H21BrN2/c15-7-9-17-12-10-16(11-13-17)8-6-14-4-2-1-3-5-14/h1-5H,6-13H2. The highest BCUT2D eigenvalue weighted by Gasteiger charge is 2.15. The van der Waals surface area contributed by atoms with Crippen LogP contribution in [0.4, 0.5) is 0 Å². The average molecular weight is 297 g/mol. The van der Waals surface area contributed by atoms with Crippen LogP contribution >= 0.6 is 15.9 Å². The third kappa shape index (κ3) is 4.41. The summed E-state index contributed by atoms with van der Waals surface area (Å²) in [5.41, 5.74) is 1.45. The minimum absolute atomic E-state index is 1.09. The Labute approximate surface area is 113 Å². The van der Waals surface area contributed by atoms with Gasteiger partial charge in [0.05, 0.1) is 0 Å². The van der Waals surface area contributed by atoms with Crippen molar-refractivity contribution in [2.24, 2.45) is 0 Å². The molecule has 1 aliphatic heterocycles. The predicted molar refractivity (Wildman–Crippen MR) is 76.8 cm³/mol. The molecule has 1 aromatic rings. The van der Waals surface area contributed by atoms with Gasteiger partial charge in [-0.25, -0.2) is 0 Å².